The van der Waals surface area contributed by atoms with Crippen molar-refractivity contribution in [2.45, 2.75) is 55.4 Å². The number of hydrogen-bond acceptors (Lipinski definition) is 3. The molecule has 0 saturated heterocycles. The molecule has 1 N–H and O–H groups in total. The first kappa shape index (κ1) is 25.9. The van der Waals surface area contributed by atoms with E-state index in [4.69, 9.17) is 4.98 Å². The average Bonchev–Trinajstić information content (AvgIpc) is 3.15. The lowest BCUT2D eigenvalue weighted by atomic mass is 10.1. The fourth-order valence-corrected chi connectivity index (χ4v) is 3.01. The summed E-state index contributed by atoms with van der Waals surface area (Å²) >= 11 is 0. The van der Waals surface area contributed by atoms with E-state index < -0.39 is 0 Å². The second-order valence-electron chi connectivity index (χ2n) is 5.77. The Labute approximate surface area is 173 Å². The second-order valence-corrected chi connectivity index (χ2v) is 5.77. The summed E-state index contributed by atoms with van der Waals surface area (Å²) in [5, 5.41) is 5.57. The average molecular weight is 387 g/mol. The normalized spacial score (nSPS) is 9.61. The summed E-state index contributed by atoms with van der Waals surface area (Å²) in [4.78, 5) is 7.19. The maximum absolute atomic E-state index is 4.87. The Kier molecular flexibility index (Phi) is 13.8. The molecule has 0 aliphatic heterocycles. The van der Waals surface area contributed by atoms with Gasteiger partial charge in [-0.05, 0) is 39.1 Å². The molecule has 0 amide bonds. The standard InChI is InChI=1S/C16H19N3.C4H11N.2C2H6/c1-4-19(5-2)16-13-10-11-18(3)15(13)12-8-6-7-9-14(12)17-16;1-3-5-4-2;2*1-2/h6-11H,4-5H2,1-3H3;5H,3-4H2,1-2H3;2*1-2H3. The molecule has 3 rings (SSSR count). The summed E-state index contributed by atoms with van der Waals surface area (Å²) in [5.41, 5.74) is 2.34. The van der Waals surface area contributed by atoms with Crippen LogP contribution < -0.4 is 10.2 Å². The van der Waals surface area contributed by atoms with Crippen molar-refractivity contribution in [2.24, 2.45) is 7.05 Å². The number of aromatic nitrogens is 2. The predicted molar refractivity (Wildman–Crippen MR) is 129 cm³/mol. The molecule has 2 heterocycles. The van der Waals surface area contributed by atoms with E-state index in [2.05, 4.69) is 86.1 Å². The zero-order valence-electron chi connectivity index (χ0n) is 19.6. The molecule has 4 nitrogen and oxygen atoms in total. The molecule has 0 atom stereocenters. The van der Waals surface area contributed by atoms with Crippen LogP contribution in [0.2, 0.25) is 0 Å². The smallest absolute Gasteiger partial charge is 0.138 e. The molecule has 0 aliphatic rings. The highest BCUT2D eigenvalue weighted by molar-refractivity contribution is 6.08. The van der Waals surface area contributed by atoms with Gasteiger partial charge in [0.1, 0.15) is 5.82 Å². The Balaban J connectivity index is 0.000000698. The molecule has 4 heteroatoms. The minimum Gasteiger partial charge on any atom is -0.357 e. The van der Waals surface area contributed by atoms with Crippen LogP contribution in [-0.2, 0) is 7.05 Å². The first-order chi connectivity index (χ1) is 13.7. The SMILES string of the molecule is CC.CC.CCN(CC)c1nc2ccccc2c2c1ccn2C.CCNCC. The molecule has 0 fully saturated rings. The van der Waals surface area contributed by atoms with Crippen LogP contribution in [0.25, 0.3) is 21.8 Å². The number of benzene rings is 1. The number of anilines is 1. The maximum atomic E-state index is 4.87. The molecule has 0 saturated carbocycles. The van der Waals surface area contributed by atoms with E-state index in [-0.39, 0.29) is 0 Å². The van der Waals surface area contributed by atoms with Gasteiger partial charge >= 0.3 is 0 Å². The van der Waals surface area contributed by atoms with Crippen LogP contribution in [0.3, 0.4) is 0 Å². The van der Waals surface area contributed by atoms with E-state index in [1.54, 1.807) is 0 Å². The summed E-state index contributed by atoms with van der Waals surface area (Å²) in [6.07, 6.45) is 2.12. The fourth-order valence-electron chi connectivity index (χ4n) is 3.01. The molecule has 28 heavy (non-hydrogen) atoms. The first-order valence-electron chi connectivity index (χ1n) is 11.0. The van der Waals surface area contributed by atoms with Crippen LogP contribution in [0.1, 0.15) is 55.4 Å². The van der Waals surface area contributed by atoms with Gasteiger partial charge in [-0.25, -0.2) is 4.98 Å². The number of pyridine rings is 1. The summed E-state index contributed by atoms with van der Waals surface area (Å²) in [5.74, 6) is 1.10. The van der Waals surface area contributed by atoms with E-state index in [0.717, 1.165) is 37.5 Å². The van der Waals surface area contributed by atoms with E-state index in [0.29, 0.717) is 0 Å². The lowest BCUT2D eigenvalue weighted by molar-refractivity contribution is 0.762. The highest BCUT2D eigenvalue weighted by Crippen LogP contribution is 2.31. The molecule has 0 bridgehead atoms. The highest BCUT2D eigenvalue weighted by atomic mass is 15.2. The van der Waals surface area contributed by atoms with Crippen LogP contribution in [0, 0.1) is 0 Å². The first-order valence-corrected chi connectivity index (χ1v) is 11.0. The third-order valence-corrected chi connectivity index (χ3v) is 4.26. The number of hydrogen-bond donors (Lipinski definition) is 1. The molecular formula is C24H42N4. The van der Waals surface area contributed by atoms with Gasteiger partial charge in [0.15, 0.2) is 0 Å². The molecule has 0 unspecified atom stereocenters. The largest absolute Gasteiger partial charge is 0.357 e. The highest BCUT2D eigenvalue weighted by Gasteiger charge is 2.14. The van der Waals surface area contributed by atoms with Gasteiger partial charge in [0.2, 0.25) is 0 Å². The van der Waals surface area contributed by atoms with Crippen LogP contribution in [0.15, 0.2) is 36.5 Å². The van der Waals surface area contributed by atoms with E-state index in [1.807, 2.05) is 27.7 Å². The third-order valence-electron chi connectivity index (χ3n) is 4.26. The van der Waals surface area contributed by atoms with Crippen LogP contribution in [-0.4, -0.2) is 35.7 Å². The van der Waals surface area contributed by atoms with Crippen molar-refractivity contribution in [3.05, 3.63) is 36.5 Å². The molecule has 0 aliphatic carbocycles. The summed E-state index contributed by atoms with van der Waals surface area (Å²) in [6, 6.07) is 10.5. The lowest BCUT2D eigenvalue weighted by Crippen LogP contribution is -2.23. The molecule has 3 aromatic rings. The molecule has 1 aromatic carbocycles. The van der Waals surface area contributed by atoms with Crippen molar-refractivity contribution in [1.29, 1.82) is 0 Å². The van der Waals surface area contributed by atoms with Crippen molar-refractivity contribution < 1.29 is 0 Å². The van der Waals surface area contributed by atoms with Gasteiger partial charge in [-0.3, -0.25) is 0 Å². The molecule has 0 radical (unpaired) electrons. The number of nitrogens with one attached hydrogen (secondary N) is 1. The topological polar surface area (TPSA) is 33.1 Å². The van der Waals surface area contributed by atoms with Crippen LogP contribution in [0.5, 0.6) is 0 Å². The van der Waals surface area contributed by atoms with Gasteiger partial charge in [0.05, 0.1) is 11.0 Å². The molecule has 0 spiro atoms. The van der Waals surface area contributed by atoms with Gasteiger partial charge in [-0.2, -0.15) is 0 Å². The Bertz CT molecular complexity index is 771. The number of rotatable bonds is 5. The Morgan fingerprint density at radius 3 is 1.93 bits per heavy atom. The minimum atomic E-state index is 0.978. The van der Waals surface area contributed by atoms with E-state index in [9.17, 15) is 0 Å². The Hall–Kier alpha value is -2.07. The summed E-state index contributed by atoms with van der Waals surface area (Å²) in [6.45, 7) is 20.7. The van der Waals surface area contributed by atoms with Gasteiger partial charge in [0.25, 0.3) is 0 Å². The van der Waals surface area contributed by atoms with Crippen LogP contribution in [0.4, 0.5) is 5.82 Å². The van der Waals surface area contributed by atoms with E-state index in [1.165, 1.54) is 16.3 Å². The molecular weight excluding hydrogens is 344 g/mol. The number of fused-ring (bicyclic) bond motifs is 3. The van der Waals surface area contributed by atoms with Crippen molar-refractivity contribution in [1.82, 2.24) is 14.9 Å². The van der Waals surface area contributed by atoms with Crippen molar-refractivity contribution in [3.63, 3.8) is 0 Å². The second kappa shape index (κ2) is 14.9. The monoisotopic (exact) mass is 386 g/mol. The van der Waals surface area contributed by atoms with Gasteiger partial charge < -0.3 is 14.8 Å². The molecule has 2 aromatic heterocycles. The summed E-state index contributed by atoms with van der Waals surface area (Å²) in [7, 11) is 2.10. The molecule has 158 valence electrons. The van der Waals surface area contributed by atoms with Crippen LogP contribution >= 0.6 is 0 Å². The zero-order chi connectivity index (χ0) is 21.5. The van der Waals surface area contributed by atoms with E-state index >= 15 is 0 Å². The number of nitrogens with zero attached hydrogens (tertiary/aromatic N) is 3. The lowest BCUT2D eigenvalue weighted by Gasteiger charge is -2.21. The maximum Gasteiger partial charge on any atom is 0.138 e. The van der Waals surface area contributed by atoms with Gasteiger partial charge in [-0.15, -0.1) is 0 Å². The van der Waals surface area contributed by atoms with Gasteiger partial charge in [-0.1, -0.05) is 59.7 Å². The zero-order valence-corrected chi connectivity index (χ0v) is 19.6. The Morgan fingerprint density at radius 1 is 0.857 bits per heavy atom. The quantitative estimate of drug-likeness (QED) is 0.563. The van der Waals surface area contributed by atoms with Gasteiger partial charge in [0, 0.05) is 37.1 Å². The predicted octanol–water partition coefficient (Wildman–Crippen LogP) is 6.24. The van der Waals surface area contributed by atoms with Crippen molar-refractivity contribution in [3.8, 4) is 0 Å². The minimum absolute atomic E-state index is 0.978. The Morgan fingerprint density at radius 2 is 1.43 bits per heavy atom. The third kappa shape index (κ3) is 6.52. The van der Waals surface area contributed by atoms with Crippen molar-refractivity contribution in [2.75, 3.05) is 31.1 Å². The number of para-hydroxylation sites is 1. The number of aryl methyl sites for hydroxylation is 1. The summed E-state index contributed by atoms with van der Waals surface area (Å²) < 4.78 is 2.19. The van der Waals surface area contributed by atoms with Crippen molar-refractivity contribution >= 4 is 27.6 Å². The fraction of sp³-hybridized carbons (Fsp3) is 0.542.